The van der Waals surface area contributed by atoms with Gasteiger partial charge in [0.2, 0.25) is 11.8 Å². The molecule has 1 N–H and O–H groups in total. The summed E-state index contributed by atoms with van der Waals surface area (Å²) >= 11 is 6.16. The molecule has 124 valence electrons. The van der Waals surface area contributed by atoms with Crippen LogP contribution in [0.4, 0.5) is 5.69 Å². The molecule has 0 aromatic heterocycles. The van der Waals surface area contributed by atoms with Crippen molar-refractivity contribution in [3.05, 3.63) is 64.7 Å². The first-order chi connectivity index (χ1) is 11.5. The van der Waals surface area contributed by atoms with E-state index < -0.39 is 0 Å². The van der Waals surface area contributed by atoms with Gasteiger partial charge >= 0.3 is 0 Å². The molecule has 0 spiro atoms. The Bertz CT molecular complexity index is 775. The van der Waals surface area contributed by atoms with Gasteiger partial charge in [-0.05, 0) is 30.2 Å². The molecule has 0 bridgehead atoms. The van der Waals surface area contributed by atoms with Crippen LogP contribution >= 0.6 is 11.6 Å². The summed E-state index contributed by atoms with van der Waals surface area (Å²) in [4.78, 5) is 26.4. The summed E-state index contributed by atoms with van der Waals surface area (Å²) in [7, 11) is 0. The van der Waals surface area contributed by atoms with Crippen LogP contribution in [0, 0.1) is 12.8 Å². The number of halogens is 1. The van der Waals surface area contributed by atoms with Gasteiger partial charge in [0.25, 0.3) is 0 Å². The SMILES string of the molecule is Cc1ccccc1NC(=O)[C@H]1CC(=O)N(Cc2ccccc2Cl)C1. The van der Waals surface area contributed by atoms with Crippen LogP contribution < -0.4 is 5.32 Å². The van der Waals surface area contributed by atoms with Gasteiger partial charge in [-0.2, -0.15) is 0 Å². The van der Waals surface area contributed by atoms with Gasteiger partial charge in [-0.25, -0.2) is 0 Å². The molecule has 0 unspecified atom stereocenters. The number of para-hydroxylation sites is 1. The standard InChI is InChI=1S/C19H19ClN2O2/c1-13-6-2-5-9-17(13)21-19(24)15-10-18(23)22(12-15)11-14-7-3-4-8-16(14)20/h2-9,15H,10-12H2,1H3,(H,21,24)/t15-/m0/s1. The van der Waals surface area contributed by atoms with Crippen molar-refractivity contribution in [2.75, 3.05) is 11.9 Å². The zero-order valence-electron chi connectivity index (χ0n) is 13.5. The third-order valence-corrected chi connectivity index (χ3v) is 4.68. The van der Waals surface area contributed by atoms with Crippen molar-refractivity contribution < 1.29 is 9.59 Å². The van der Waals surface area contributed by atoms with Crippen molar-refractivity contribution in [2.45, 2.75) is 19.9 Å². The molecule has 0 saturated carbocycles. The highest BCUT2D eigenvalue weighted by Crippen LogP contribution is 2.25. The van der Waals surface area contributed by atoms with Crippen LogP contribution in [-0.2, 0) is 16.1 Å². The largest absolute Gasteiger partial charge is 0.337 e. The minimum Gasteiger partial charge on any atom is -0.337 e. The lowest BCUT2D eigenvalue weighted by molar-refractivity contribution is -0.128. The predicted octanol–water partition coefficient (Wildman–Crippen LogP) is 3.64. The maximum absolute atomic E-state index is 12.5. The van der Waals surface area contributed by atoms with E-state index in [0.29, 0.717) is 18.1 Å². The molecule has 2 aromatic rings. The number of hydrogen-bond acceptors (Lipinski definition) is 2. The fraction of sp³-hybridized carbons (Fsp3) is 0.263. The van der Waals surface area contributed by atoms with E-state index in [0.717, 1.165) is 16.8 Å². The Morgan fingerprint density at radius 3 is 2.67 bits per heavy atom. The molecule has 0 aliphatic carbocycles. The van der Waals surface area contributed by atoms with Gasteiger partial charge in [-0.3, -0.25) is 9.59 Å². The lowest BCUT2D eigenvalue weighted by Crippen LogP contribution is -2.28. The Morgan fingerprint density at radius 2 is 1.92 bits per heavy atom. The molecule has 1 fully saturated rings. The van der Waals surface area contributed by atoms with Gasteiger partial charge in [-0.1, -0.05) is 48.0 Å². The number of likely N-dealkylation sites (tertiary alicyclic amines) is 1. The van der Waals surface area contributed by atoms with Crippen LogP contribution in [0.5, 0.6) is 0 Å². The van der Waals surface area contributed by atoms with Gasteiger partial charge in [-0.15, -0.1) is 0 Å². The van der Waals surface area contributed by atoms with Crippen molar-refractivity contribution in [1.82, 2.24) is 4.90 Å². The zero-order valence-corrected chi connectivity index (χ0v) is 14.2. The summed E-state index contributed by atoms with van der Waals surface area (Å²) < 4.78 is 0. The Balaban J connectivity index is 1.65. The lowest BCUT2D eigenvalue weighted by atomic mass is 10.1. The average Bonchev–Trinajstić information content (AvgIpc) is 2.93. The molecule has 1 heterocycles. The van der Waals surface area contributed by atoms with Crippen LogP contribution in [0.1, 0.15) is 17.5 Å². The number of nitrogens with zero attached hydrogens (tertiary/aromatic N) is 1. The van der Waals surface area contributed by atoms with Gasteiger partial charge < -0.3 is 10.2 Å². The highest BCUT2D eigenvalue weighted by molar-refractivity contribution is 6.31. The van der Waals surface area contributed by atoms with Gasteiger partial charge in [0.15, 0.2) is 0 Å². The van der Waals surface area contributed by atoms with Crippen LogP contribution in [0.25, 0.3) is 0 Å². The van der Waals surface area contributed by atoms with Crippen LogP contribution in [0.3, 0.4) is 0 Å². The van der Waals surface area contributed by atoms with Crippen molar-refractivity contribution in [2.24, 2.45) is 5.92 Å². The molecule has 1 atom stereocenters. The highest BCUT2D eigenvalue weighted by atomic mass is 35.5. The molecule has 2 amide bonds. The molecule has 2 aromatic carbocycles. The molecule has 3 rings (SSSR count). The molecule has 0 radical (unpaired) electrons. The summed E-state index contributed by atoms with van der Waals surface area (Å²) in [5, 5.41) is 3.56. The smallest absolute Gasteiger partial charge is 0.229 e. The van der Waals surface area contributed by atoms with Gasteiger partial charge in [0.05, 0.1) is 5.92 Å². The summed E-state index contributed by atoms with van der Waals surface area (Å²) in [6.45, 7) is 2.80. The number of amides is 2. The predicted molar refractivity (Wildman–Crippen MR) is 94.8 cm³/mol. The first-order valence-electron chi connectivity index (χ1n) is 7.92. The molecule has 24 heavy (non-hydrogen) atoms. The number of aryl methyl sites for hydroxylation is 1. The summed E-state index contributed by atoms with van der Waals surface area (Å²) in [6.07, 6.45) is 0.238. The second-order valence-electron chi connectivity index (χ2n) is 6.07. The zero-order chi connectivity index (χ0) is 17.1. The molecular formula is C19H19ClN2O2. The number of carbonyl (C=O) groups is 2. The quantitative estimate of drug-likeness (QED) is 0.922. The van der Waals surface area contributed by atoms with Crippen molar-refractivity contribution in [1.29, 1.82) is 0 Å². The number of nitrogens with one attached hydrogen (secondary N) is 1. The summed E-state index contributed by atoms with van der Waals surface area (Å²) in [5.41, 5.74) is 2.69. The van der Waals surface area contributed by atoms with Crippen LogP contribution in [0.2, 0.25) is 5.02 Å². The van der Waals surface area contributed by atoms with Crippen molar-refractivity contribution >= 4 is 29.1 Å². The number of hydrogen-bond donors (Lipinski definition) is 1. The van der Waals surface area contributed by atoms with Crippen molar-refractivity contribution in [3.8, 4) is 0 Å². The van der Waals surface area contributed by atoms with E-state index in [-0.39, 0.29) is 24.2 Å². The topological polar surface area (TPSA) is 49.4 Å². The van der Waals surface area contributed by atoms with Crippen LogP contribution in [0.15, 0.2) is 48.5 Å². The fourth-order valence-corrected chi connectivity index (χ4v) is 3.08. The molecule has 5 heteroatoms. The molecule has 4 nitrogen and oxygen atoms in total. The van der Waals surface area contributed by atoms with E-state index in [1.165, 1.54) is 0 Å². The Hall–Kier alpha value is -2.33. The highest BCUT2D eigenvalue weighted by Gasteiger charge is 2.34. The monoisotopic (exact) mass is 342 g/mol. The third kappa shape index (κ3) is 3.60. The average molecular weight is 343 g/mol. The molecule has 1 saturated heterocycles. The van der Waals surface area contributed by atoms with Gasteiger partial charge in [0, 0.05) is 30.2 Å². The van der Waals surface area contributed by atoms with Gasteiger partial charge in [0.1, 0.15) is 0 Å². The number of rotatable bonds is 4. The summed E-state index contributed by atoms with van der Waals surface area (Å²) in [5.74, 6) is -0.459. The van der Waals surface area contributed by atoms with E-state index in [1.54, 1.807) is 11.0 Å². The summed E-state index contributed by atoms with van der Waals surface area (Å²) in [6, 6.07) is 15.1. The van der Waals surface area contributed by atoms with E-state index >= 15 is 0 Å². The van der Waals surface area contributed by atoms with E-state index in [4.69, 9.17) is 11.6 Å². The maximum atomic E-state index is 12.5. The van der Waals surface area contributed by atoms with Crippen molar-refractivity contribution in [3.63, 3.8) is 0 Å². The Labute approximate surface area is 146 Å². The van der Waals surface area contributed by atoms with E-state index in [9.17, 15) is 9.59 Å². The molecule has 1 aliphatic heterocycles. The van der Waals surface area contributed by atoms with Crippen LogP contribution in [-0.4, -0.2) is 23.3 Å². The third-order valence-electron chi connectivity index (χ3n) is 4.31. The number of anilines is 1. The minimum atomic E-state index is -0.334. The molecule has 1 aliphatic rings. The Morgan fingerprint density at radius 1 is 1.21 bits per heavy atom. The molecular weight excluding hydrogens is 324 g/mol. The maximum Gasteiger partial charge on any atom is 0.229 e. The first kappa shape index (κ1) is 16.5. The number of carbonyl (C=O) groups excluding carboxylic acids is 2. The Kier molecular flexibility index (Phi) is 4.86. The second-order valence-corrected chi connectivity index (χ2v) is 6.48. The van der Waals surface area contributed by atoms with E-state index in [1.807, 2.05) is 49.4 Å². The first-order valence-corrected chi connectivity index (χ1v) is 8.30. The lowest BCUT2D eigenvalue weighted by Gasteiger charge is -2.17. The minimum absolute atomic E-state index is 0.0140. The fourth-order valence-electron chi connectivity index (χ4n) is 2.88. The normalized spacial score (nSPS) is 17.2. The second kappa shape index (κ2) is 7.05. The number of benzene rings is 2. The van der Waals surface area contributed by atoms with E-state index in [2.05, 4.69) is 5.32 Å².